The summed E-state index contributed by atoms with van der Waals surface area (Å²) in [4.78, 5) is 50.5. The summed E-state index contributed by atoms with van der Waals surface area (Å²) in [6.45, 7) is -4.40. The Morgan fingerprint density at radius 1 is 0.416 bits per heavy atom. The molecular formula is C39H61N3O52S7. The second kappa shape index (κ2) is 33.3. The average Bonchev–Trinajstić information content (AvgIpc) is 0.765. The molecule has 101 heavy (non-hydrogen) atoms. The molecule has 5 fully saturated rings. The highest BCUT2D eigenvalue weighted by molar-refractivity contribution is 7.84. The van der Waals surface area contributed by atoms with Gasteiger partial charge in [-0.25, -0.2) is 35.3 Å². The predicted octanol–water partition coefficient (Wildman–Crippen LogP) is -13.9. The molecule has 6 aliphatic rings. The van der Waals surface area contributed by atoms with Crippen LogP contribution in [0.3, 0.4) is 0 Å². The van der Waals surface area contributed by atoms with Gasteiger partial charge in [-0.2, -0.15) is 68.4 Å². The molecule has 6 aliphatic heterocycles. The van der Waals surface area contributed by atoms with E-state index in [1.165, 1.54) is 4.72 Å². The number of hydrogen-bond acceptors (Lipinski definition) is 42. The summed E-state index contributed by atoms with van der Waals surface area (Å²) in [5.41, 5.74) is 0. The average molecular weight is 1630 g/mol. The topological polar surface area (TPSA) is 844 Å². The molecule has 20 N–H and O–H groups in total. The standard InChI is InChI=1S/C39H61N3O52S7/c1-7(43)40-13-17(46)22(86-37-16(45)8(44)3-9(82-37)31(51)52)11(5-80-98(66,67)68)84-35(13)89-26-19(48)20(49)38(91-29(26)32(53)54)88-24-12(6-81-99(69,70)71)85-36(15(42-96(60,61)62)25(24)93-100(72,73)74)90-27-21(50)28(94-101(75,76)77)39(92-30(27)33(55)56)87-23-10(4-79-97(63,64)65)83-34(78-2)14(18(23)47)41-95(57,58)59/h3,8,10-30,34-39,41-42,44-50H,4-6H2,1-2H3,(H,40,43)(H,51,52)(H,53,54)(H,55,56)(H,57,58,59)(H,60,61,62)(H,63,64,65)(H,66,67,68)(H,69,70,71)(H,72,73,74)(H,75,76,77)/t8-,10+,11+,12+,13+,14+,15+,16+,17+,18+,19+,20+,21-,22+,23+,24+,25+,26-,27-,28+,29-,30+,34-,35+,36+,37-,38?,39+/m0/s1. The lowest BCUT2D eigenvalue weighted by molar-refractivity contribution is -0.374. The van der Waals surface area contributed by atoms with Crippen molar-refractivity contribution in [1.82, 2.24) is 14.8 Å². The molecule has 62 heteroatoms. The van der Waals surface area contributed by atoms with Crippen LogP contribution in [-0.4, -0.2) is 364 Å². The lowest BCUT2D eigenvalue weighted by atomic mass is 9.94. The van der Waals surface area contributed by atoms with Crippen molar-refractivity contribution < 1.29 is 239 Å². The van der Waals surface area contributed by atoms with Gasteiger partial charge in [0.2, 0.25) is 18.0 Å². The normalized spacial score (nSPS) is 38.7. The first kappa shape index (κ1) is 85.7. The van der Waals surface area contributed by atoms with Crippen molar-refractivity contribution in [3.63, 3.8) is 0 Å². The van der Waals surface area contributed by atoms with Crippen molar-refractivity contribution in [1.29, 1.82) is 0 Å². The number of rotatable bonds is 32. The maximum Gasteiger partial charge on any atom is 0.397 e. The Labute approximate surface area is 565 Å². The Balaban J connectivity index is 1.40. The van der Waals surface area contributed by atoms with E-state index in [1.807, 2.05) is 5.32 Å². The van der Waals surface area contributed by atoms with Crippen molar-refractivity contribution in [2.45, 2.75) is 179 Å². The molecular weight excluding hydrogens is 1570 g/mol. The Hall–Kier alpha value is -4.21. The first-order valence-corrected chi connectivity index (χ1v) is 36.6. The number of aliphatic hydroxyl groups excluding tert-OH is 7. The summed E-state index contributed by atoms with van der Waals surface area (Å²) in [7, 11) is -40.5. The maximum atomic E-state index is 13.1. The van der Waals surface area contributed by atoms with Gasteiger partial charge < -0.3 is 113 Å². The Bertz CT molecular complexity index is 3810. The zero-order valence-electron chi connectivity index (χ0n) is 49.6. The van der Waals surface area contributed by atoms with Gasteiger partial charge in [-0.1, -0.05) is 0 Å². The molecule has 5 saturated heterocycles. The minimum atomic E-state index is -6.38. The Kier molecular flexibility index (Phi) is 28.3. The van der Waals surface area contributed by atoms with E-state index < -0.39 is 294 Å². The van der Waals surface area contributed by atoms with Gasteiger partial charge in [0, 0.05) is 14.0 Å². The predicted molar refractivity (Wildman–Crippen MR) is 292 cm³/mol. The fourth-order valence-corrected chi connectivity index (χ4v) is 13.4. The van der Waals surface area contributed by atoms with E-state index in [-0.39, 0.29) is 0 Å². The SMILES string of the molecule is CO[C@H]1O[C@H](COS(=O)(=O)O)[C@@H](O[C@@H]2O[C@@H](C(=O)O)[C@@H](O[C@H]3O[C@H](COS(=O)(=O)O)[C@@H](OC4O[C@H](C(=O)O)[C@@H](O[C@H]5O[C@H](COS(=O)(=O)O)[C@@H](O[C@@H]6OC(C(=O)O)=C[C@H](O)[C@H]6O)[C@H](O)[C@H]5NC(C)=O)[C@H](O)[C@H]4O)[C@H](OS(=O)(=O)O)[C@H]3NS(=O)(=O)O)[C@H](O)[C@H]2OS(=O)(=O)O)[C@H](O)[C@H]1NS(=O)(=O)O. The second-order valence-electron chi connectivity index (χ2n) is 21.2. The minimum absolute atomic E-state index is 0.470. The van der Waals surface area contributed by atoms with Crippen LogP contribution < -0.4 is 14.8 Å². The van der Waals surface area contributed by atoms with Crippen LogP contribution in [0.15, 0.2) is 11.8 Å². The van der Waals surface area contributed by atoms with Gasteiger partial charge in [0.05, 0.1) is 19.8 Å². The highest BCUT2D eigenvalue weighted by atomic mass is 32.3. The first-order valence-electron chi connectivity index (χ1n) is 26.9. The first-order chi connectivity index (χ1) is 46.1. The fourth-order valence-electron chi connectivity index (χ4n) is 10.3. The minimum Gasteiger partial charge on any atom is -0.479 e. The third-order valence-electron chi connectivity index (χ3n) is 14.2. The van der Waals surface area contributed by atoms with Crippen LogP contribution in [0.1, 0.15) is 6.92 Å². The number of carbonyl (C=O) groups is 4. The molecule has 55 nitrogen and oxygen atoms in total. The number of methoxy groups -OCH3 is 1. The molecule has 0 aromatic carbocycles. The van der Waals surface area contributed by atoms with E-state index in [1.54, 1.807) is 0 Å². The third-order valence-corrected chi connectivity index (χ3v) is 17.6. The van der Waals surface area contributed by atoms with Crippen molar-refractivity contribution in [2.75, 3.05) is 26.9 Å². The third kappa shape index (κ3) is 23.9. The van der Waals surface area contributed by atoms with E-state index in [9.17, 15) is 161 Å². The number of carboxylic acid groups (broad SMARTS) is 3. The van der Waals surface area contributed by atoms with Crippen LogP contribution in [0.25, 0.3) is 0 Å². The van der Waals surface area contributed by atoms with Crippen molar-refractivity contribution >= 4 is 96.4 Å². The van der Waals surface area contributed by atoms with Crippen molar-refractivity contribution in [3.05, 3.63) is 11.8 Å². The molecule has 0 bridgehead atoms. The molecule has 1 amide bonds. The number of carboxylic acids is 3. The van der Waals surface area contributed by atoms with E-state index in [2.05, 4.69) is 20.9 Å². The van der Waals surface area contributed by atoms with Gasteiger partial charge in [0.15, 0.2) is 49.8 Å². The van der Waals surface area contributed by atoms with Gasteiger partial charge in [-0.3, -0.25) is 36.7 Å². The zero-order chi connectivity index (χ0) is 76.5. The van der Waals surface area contributed by atoms with Crippen LogP contribution in [-0.2, 0) is 170 Å². The number of amides is 1. The maximum absolute atomic E-state index is 13.1. The number of hydrogen-bond donors (Lipinski definition) is 20. The molecule has 0 radical (unpaired) electrons. The molecule has 0 aromatic heterocycles. The van der Waals surface area contributed by atoms with Gasteiger partial charge >= 0.3 is 90.5 Å². The van der Waals surface area contributed by atoms with E-state index in [4.69, 9.17) is 56.8 Å². The van der Waals surface area contributed by atoms with Gasteiger partial charge in [0.1, 0.15) is 116 Å². The molecule has 586 valence electrons. The van der Waals surface area contributed by atoms with Crippen LogP contribution in [0.4, 0.5) is 0 Å². The van der Waals surface area contributed by atoms with Gasteiger partial charge in [-0.15, -0.1) is 0 Å². The van der Waals surface area contributed by atoms with Crippen LogP contribution >= 0.6 is 0 Å². The number of aliphatic carboxylic acids is 3. The highest BCUT2D eigenvalue weighted by Crippen LogP contribution is 2.39. The van der Waals surface area contributed by atoms with E-state index in [0.29, 0.717) is 6.08 Å². The van der Waals surface area contributed by atoms with E-state index >= 15 is 0 Å². The molecule has 1 unspecified atom stereocenters. The molecule has 6 rings (SSSR count). The van der Waals surface area contributed by atoms with Crippen LogP contribution in [0.5, 0.6) is 0 Å². The lowest BCUT2D eigenvalue weighted by Gasteiger charge is -2.50. The Morgan fingerprint density at radius 2 is 0.802 bits per heavy atom. The van der Waals surface area contributed by atoms with Crippen molar-refractivity contribution in [2.24, 2.45) is 0 Å². The number of nitrogens with one attached hydrogen (secondary N) is 3. The summed E-state index contributed by atoms with van der Waals surface area (Å²) in [5, 5.41) is 112. The second-order valence-corrected chi connectivity index (χ2v) is 29.0. The van der Waals surface area contributed by atoms with Gasteiger partial charge in [0.25, 0.3) is 0 Å². The van der Waals surface area contributed by atoms with E-state index in [0.717, 1.165) is 18.8 Å². The fraction of sp³-hybridized carbons (Fsp3) is 0.846. The molecule has 6 heterocycles. The van der Waals surface area contributed by atoms with Crippen LogP contribution in [0, 0.1) is 0 Å². The monoisotopic (exact) mass is 1630 g/mol. The summed E-state index contributed by atoms with van der Waals surface area (Å²) < 4.78 is 327. The molecule has 28 atom stereocenters. The lowest BCUT2D eigenvalue weighted by Crippen LogP contribution is -2.71. The van der Waals surface area contributed by atoms with Gasteiger partial charge in [-0.05, 0) is 6.08 Å². The smallest absolute Gasteiger partial charge is 0.397 e. The Morgan fingerprint density at radius 3 is 1.23 bits per heavy atom. The molecule has 0 aromatic rings. The number of aliphatic hydroxyl groups is 7. The number of carbonyl (C=O) groups excluding carboxylic acids is 1. The summed E-state index contributed by atoms with van der Waals surface area (Å²) >= 11 is 0. The van der Waals surface area contributed by atoms with Crippen molar-refractivity contribution in [3.8, 4) is 0 Å². The summed E-state index contributed by atoms with van der Waals surface area (Å²) in [5.74, 6) is -9.08. The largest absolute Gasteiger partial charge is 0.479 e. The molecule has 0 spiro atoms. The zero-order valence-corrected chi connectivity index (χ0v) is 55.3. The number of ether oxygens (including phenoxy) is 12. The molecule has 0 aliphatic carbocycles. The summed E-state index contributed by atoms with van der Waals surface area (Å²) in [6, 6.07) is -7.90. The van der Waals surface area contributed by atoms with Crippen LogP contribution in [0.2, 0.25) is 0 Å². The quantitative estimate of drug-likeness (QED) is 0.0278. The molecule has 0 saturated carbocycles. The highest BCUT2D eigenvalue weighted by Gasteiger charge is 2.62. The summed E-state index contributed by atoms with van der Waals surface area (Å²) in [6.07, 6.45) is -69.6.